The monoisotopic (exact) mass is 483 g/mol. The van der Waals surface area contributed by atoms with Crippen molar-refractivity contribution in [3.05, 3.63) is 72.3 Å². The number of benzene rings is 2. The number of nitrogens with zero attached hydrogens (tertiary/aromatic N) is 3. The molecule has 33 heavy (non-hydrogen) atoms. The fourth-order valence-corrected chi connectivity index (χ4v) is 6.34. The molecular weight excluding hydrogens is 454 g/mol. The molecule has 0 aliphatic carbocycles. The Bertz CT molecular complexity index is 1200. The molecule has 6 nitrogen and oxygen atoms in total. The molecule has 1 aliphatic heterocycles. The Kier molecular flexibility index (Phi) is 7.36. The minimum Gasteiger partial charge on any atom is -0.336 e. The second kappa shape index (κ2) is 10.2. The molecule has 1 aromatic heterocycles. The molecule has 1 N–H and O–H groups in total. The molecule has 0 saturated heterocycles. The van der Waals surface area contributed by atoms with Crippen LogP contribution in [0.15, 0.2) is 70.7 Å². The summed E-state index contributed by atoms with van der Waals surface area (Å²) in [7, 11) is -4.40. The second-order valence-electron chi connectivity index (χ2n) is 8.28. The van der Waals surface area contributed by atoms with Crippen LogP contribution in [0.2, 0.25) is 0 Å². The van der Waals surface area contributed by atoms with E-state index >= 15 is 0 Å². The summed E-state index contributed by atoms with van der Waals surface area (Å²) in [6.07, 6.45) is 6.87. The lowest BCUT2D eigenvalue weighted by Crippen LogP contribution is -2.36. The van der Waals surface area contributed by atoms with E-state index < -0.39 is 15.4 Å². The predicted molar refractivity (Wildman–Crippen MR) is 133 cm³/mol. The van der Waals surface area contributed by atoms with Gasteiger partial charge in [-0.2, -0.15) is 8.42 Å². The highest BCUT2D eigenvalue weighted by Gasteiger charge is 2.36. The Labute approximate surface area is 200 Å². The van der Waals surface area contributed by atoms with Crippen LogP contribution in [0.3, 0.4) is 0 Å². The van der Waals surface area contributed by atoms with Crippen LogP contribution < -0.4 is 4.90 Å². The maximum Gasteiger partial charge on any atom is 0.275 e. The minimum atomic E-state index is -4.40. The zero-order valence-electron chi connectivity index (χ0n) is 18.9. The first-order valence-corrected chi connectivity index (χ1v) is 13.7. The van der Waals surface area contributed by atoms with E-state index in [0.29, 0.717) is 0 Å². The lowest BCUT2D eigenvalue weighted by atomic mass is 10.00. The minimum absolute atomic E-state index is 0.126. The van der Waals surface area contributed by atoms with Gasteiger partial charge in [0, 0.05) is 28.2 Å². The average Bonchev–Trinajstić information content (AvgIpc) is 2.80. The molecule has 0 spiro atoms. The Hall–Kier alpha value is -2.42. The number of aromatic nitrogens is 2. The molecule has 0 fully saturated rings. The summed E-state index contributed by atoms with van der Waals surface area (Å²) in [6, 6.07) is 16.3. The Balaban J connectivity index is 1.82. The van der Waals surface area contributed by atoms with E-state index in [1.165, 1.54) is 18.0 Å². The van der Waals surface area contributed by atoms with Gasteiger partial charge in [0.1, 0.15) is 11.1 Å². The number of aryl methyl sites for hydroxylation is 1. The molecule has 2 unspecified atom stereocenters. The van der Waals surface area contributed by atoms with Gasteiger partial charge in [0.25, 0.3) is 10.1 Å². The van der Waals surface area contributed by atoms with Crippen molar-refractivity contribution in [3.63, 3.8) is 0 Å². The fraction of sp³-hybridized carbons (Fsp3) is 0.360. The third-order valence-corrected chi connectivity index (χ3v) is 8.13. The van der Waals surface area contributed by atoms with Gasteiger partial charge in [0.2, 0.25) is 0 Å². The Morgan fingerprint density at radius 2 is 1.70 bits per heavy atom. The van der Waals surface area contributed by atoms with Gasteiger partial charge in [-0.15, -0.1) is 0 Å². The van der Waals surface area contributed by atoms with Gasteiger partial charge in [0.15, 0.2) is 0 Å². The summed E-state index contributed by atoms with van der Waals surface area (Å²) >= 11 is 1.74. The van der Waals surface area contributed by atoms with Crippen LogP contribution in [0.1, 0.15) is 56.2 Å². The van der Waals surface area contributed by atoms with Crippen molar-refractivity contribution >= 4 is 33.3 Å². The van der Waals surface area contributed by atoms with Crippen LogP contribution >= 0.6 is 11.8 Å². The summed E-state index contributed by atoms with van der Waals surface area (Å²) in [4.78, 5) is 12.9. The molecule has 0 radical (unpaired) electrons. The average molecular weight is 484 g/mol. The molecule has 3 aromatic rings. The van der Waals surface area contributed by atoms with Gasteiger partial charge in [-0.05, 0) is 55.2 Å². The summed E-state index contributed by atoms with van der Waals surface area (Å²) < 4.78 is 35.0. The molecule has 0 bridgehead atoms. The molecule has 174 valence electrons. The summed E-state index contributed by atoms with van der Waals surface area (Å²) in [5, 5.41) is -1.20. The Morgan fingerprint density at radius 1 is 0.970 bits per heavy atom. The molecule has 8 heteroatoms. The Morgan fingerprint density at radius 3 is 2.39 bits per heavy atom. The quantitative estimate of drug-likeness (QED) is 0.362. The van der Waals surface area contributed by atoms with Crippen LogP contribution in [0.4, 0.5) is 11.4 Å². The highest BCUT2D eigenvalue weighted by atomic mass is 32.2. The maximum atomic E-state index is 12.4. The lowest BCUT2D eigenvalue weighted by Gasteiger charge is -2.40. The van der Waals surface area contributed by atoms with Gasteiger partial charge in [-0.25, -0.2) is 9.97 Å². The molecule has 0 saturated carbocycles. The fourth-order valence-electron chi connectivity index (χ4n) is 4.44. The molecule has 2 heterocycles. The van der Waals surface area contributed by atoms with E-state index in [1.54, 1.807) is 17.8 Å². The summed E-state index contributed by atoms with van der Waals surface area (Å²) in [6.45, 7) is 4.26. The summed E-state index contributed by atoms with van der Waals surface area (Å²) in [5.74, 6) is 0.126. The highest BCUT2D eigenvalue weighted by Crippen LogP contribution is 2.50. The van der Waals surface area contributed by atoms with Gasteiger partial charge >= 0.3 is 0 Å². The topological polar surface area (TPSA) is 83.4 Å². The first-order valence-electron chi connectivity index (χ1n) is 11.3. The largest absolute Gasteiger partial charge is 0.336 e. The standard InChI is InChI=1S/C25H29N3O3S2/c1-3-8-18-12-13-23-21(16-18)28(20-10-5-6-11-22(20)32-23)19(9-4-2)17-24(33(29,30)31)25-26-14-7-15-27-25/h5-7,10-16,19,24H,3-4,8-9,17H2,1-2H3,(H,29,30,31). The van der Waals surface area contributed by atoms with E-state index in [0.717, 1.165) is 46.8 Å². The SMILES string of the molecule is CCCc1ccc2c(c1)N(C(CCC)CC(c1ncccn1)S(=O)(=O)O)c1ccccc1S2. The number of fused-ring (bicyclic) bond motifs is 2. The van der Waals surface area contributed by atoms with E-state index in [4.69, 9.17) is 0 Å². The van der Waals surface area contributed by atoms with Gasteiger partial charge in [-0.1, -0.05) is 56.7 Å². The maximum absolute atomic E-state index is 12.4. The zero-order chi connectivity index (χ0) is 23.4. The van der Waals surface area contributed by atoms with Crippen molar-refractivity contribution in [1.82, 2.24) is 9.97 Å². The zero-order valence-corrected chi connectivity index (χ0v) is 20.5. The molecule has 2 atom stereocenters. The van der Waals surface area contributed by atoms with Crippen molar-refractivity contribution in [1.29, 1.82) is 0 Å². The first kappa shape index (κ1) is 23.7. The van der Waals surface area contributed by atoms with E-state index in [1.807, 2.05) is 12.1 Å². The lowest BCUT2D eigenvalue weighted by molar-refractivity contribution is 0.442. The van der Waals surface area contributed by atoms with Crippen molar-refractivity contribution in [2.75, 3.05) is 4.90 Å². The van der Waals surface area contributed by atoms with Crippen LogP contribution in [0.5, 0.6) is 0 Å². The van der Waals surface area contributed by atoms with Crippen LogP contribution in [0.25, 0.3) is 0 Å². The molecule has 0 amide bonds. The van der Waals surface area contributed by atoms with Crippen molar-refractivity contribution in [2.24, 2.45) is 0 Å². The molecular formula is C25H29N3O3S2. The van der Waals surface area contributed by atoms with E-state index in [9.17, 15) is 13.0 Å². The number of hydrogen-bond acceptors (Lipinski definition) is 6. The predicted octanol–water partition coefficient (Wildman–Crippen LogP) is 6.22. The highest BCUT2D eigenvalue weighted by molar-refractivity contribution is 7.99. The number of rotatable bonds is 9. The van der Waals surface area contributed by atoms with E-state index in [2.05, 4.69) is 59.0 Å². The van der Waals surface area contributed by atoms with Crippen LogP contribution in [-0.2, 0) is 16.5 Å². The molecule has 1 aliphatic rings. The van der Waals surface area contributed by atoms with Crippen LogP contribution in [-0.4, -0.2) is 29.0 Å². The van der Waals surface area contributed by atoms with Gasteiger partial charge in [0.05, 0.1) is 11.4 Å². The van der Waals surface area contributed by atoms with Crippen molar-refractivity contribution < 1.29 is 13.0 Å². The smallest absolute Gasteiger partial charge is 0.275 e. The summed E-state index contributed by atoms with van der Waals surface area (Å²) in [5.41, 5.74) is 3.41. The molecule has 4 rings (SSSR count). The number of hydrogen-bond donors (Lipinski definition) is 1. The van der Waals surface area contributed by atoms with Crippen molar-refractivity contribution in [3.8, 4) is 0 Å². The molecule has 2 aromatic carbocycles. The second-order valence-corrected chi connectivity index (χ2v) is 11.0. The van der Waals surface area contributed by atoms with E-state index in [-0.39, 0.29) is 18.3 Å². The number of para-hydroxylation sites is 1. The van der Waals surface area contributed by atoms with Crippen molar-refractivity contribution in [2.45, 2.75) is 67.0 Å². The normalized spacial score (nSPS) is 14.9. The third-order valence-electron chi connectivity index (χ3n) is 5.87. The van der Waals surface area contributed by atoms with Crippen LogP contribution in [0, 0.1) is 0 Å². The number of anilines is 2. The first-order chi connectivity index (χ1) is 15.9. The van der Waals surface area contributed by atoms with Gasteiger partial charge < -0.3 is 4.90 Å². The van der Waals surface area contributed by atoms with Gasteiger partial charge in [-0.3, -0.25) is 4.55 Å². The third kappa shape index (κ3) is 5.23.